The first-order valence-electron chi connectivity index (χ1n) is 9.27. The molecule has 0 aliphatic carbocycles. The highest BCUT2D eigenvalue weighted by Gasteiger charge is 2.06. The summed E-state index contributed by atoms with van der Waals surface area (Å²) < 4.78 is 21.7. The number of hydrogen-bond acceptors (Lipinski definition) is 4. The first-order chi connectivity index (χ1) is 10.7. The Morgan fingerprint density at radius 2 is 1.41 bits per heavy atom. The van der Waals surface area contributed by atoms with E-state index in [2.05, 4.69) is 12.2 Å². The fraction of sp³-hybridized carbons (Fsp3) is 1.00. The van der Waals surface area contributed by atoms with E-state index in [1.54, 1.807) is 0 Å². The summed E-state index contributed by atoms with van der Waals surface area (Å²) in [5.74, 6) is 0. The Morgan fingerprint density at radius 3 is 1.95 bits per heavy atom. The third-order valence-corrected chi connectivity index (χ3v) is 4.64. The zero-order valence-corrected chi connectivity index (χ0v) is 16.0. The molecular weight excluding hydrogens is 297 g/mol. The van der Waals surface area contributed by atoms with Crippen LogP contribution in [0.25, 0.3) is 0 Å². The monoisotopic (exact) mass is 335 g/mol. The molecule has 2 atom stereocenters. The molecule has 0 heterocycles. The van der Waals surface area contributed by atoms with Gasteiger partial charge in [0.25, 0.3) is 0 Å². The normalized spacial score (nSPS) is 14.1. The highest BCUT2D eigenvalue weighted by Crippen LogP contribution is 2.25. The predicted octanol–water partition coefficient (Wildman–Crippen LogP) is 5.68. The molecule has 1 N–H and O–H groups in total. The smallest absolute Gasteiger partial charge is 0.311 e. The molecular formula is C17H38NO3P. The van der Waals surface area contributed by atoms with Crippen molar-refractivity contribution in [3.8, 4) is 0 Å². The average molecular weight is 335 g/mol. The molecule has 4 nitrogen and oxygen atoms in total. The van der Waals surface area contributed by atoms with Crippen molar-refractivity contribution >= 4 is 8.25 Å². The Kier molecular flexibility index (Phi) is 17.6. The molecule has 22 heavy (non-hydrogen) atoms. The fourth-order valence-electron chi connectivity index (χ4n) is 2.32. The number of unbranched alkanes of at least 4 members (excludes halogenated alkanes) is 9. The maximum atomic E-state index is 11.4. The maximum Gasteiger partial charge on any atom is 0.320 e. The van der Waals surface area contributed by atoms with E-state index in [9.17, 15) is 4.57 Å². The zero-order valence-electron chi connectivity index (χ0n) is 15.0. The van der Waals surface area contributed by atoms with Crippen molar-refractivity contribution in [3.63, 3.8) is 0 Å². The second kappa shape index (κ2) is 17.5. The van der Waals surface area contributed by atoms with Gasteiger partial charge >= 0.3 is 8.25 Å². The molecule has 0 aromatic rings. The molecule has 134 valence electrons. The van der Waals surface area contributed by atoms with E-state index >= 15 is 0 Å². The lowest BCUT2D eigenvalue weighted by Crippen LogP contribution is -2.27. The van der Waals surface area contributed by atoms with Crippen molar-refractivity contribution < 1.29 is 13.6 Å². The number of rotatable bonds is 17. The fourth-order valence-corrected chi connectivity index (χ4v) is 3.13. The van der Waals surface area contributed by atoms with Crippen molar-refractivity contribution in [1.82, 2.24) is 5.32 Å². The van der Waals surface area contributed by atoms with E-state index in [0.717, 1.165) is 19.4 Å². The van der Waals surface area contributed by atoms with Crippen molar-refractivity contribution in [2.45, 2.75) is 97.6 Å². The molecule has 0 rings (SSSR count). The third-order valence-electron chi connectivity index (χ3n) is 3.66. The van der Waals surface area contributed by atoms with Crippen LogP contribution in [-0.4, -0.2) is 19.4 Å². The Balaban J connectivity index is 3.23. The second-order valence-electron chi connectivity index (χ2n) is 5.99. The van der Waals surface area contributed by atoms with E-state index in [0.29, 0.717) is 6.61 Å². The molecule has 0 fully saturated rings. The maximum absolute atomic E-state index is 11.4. The summed E-state index contributed by atoms with van der Waals surface area (Å²) in [5, 5.41) is 3.24. The summed E-state index contributed by atoms with van der Waals surface area (Å²) >= 11 is 0. The molecule has 0 bridgehead atoms. The van der Waals surface area contributed by atoms with E-state index in [1.165, 1.54) is 57.8 Å². The van der Waals surface area contributed by atoms with Crippen LogP contribution in [-0.2, 0) is 13.6 Å². The summed E-state index contributed by atoms with van der Waals surface area (Å²) in [7, 11) is -2.33. The molecule has 0 radical (unpaired) electrons. The van der Waals surface area contributed by atoms with Gasteiger partial charge in [-0.25, -0.2) is 0 Å². The highest BCUT2D eigenvalue weighted by molar-refractivity contribution is 7.33. The Labute approximate surface area is 138 Å². The minimum atomic E-state index is -2.33. The molecule has 0 aromatic heterocycles. The Bertz CT molecular complexity index is 252. The lowest BCUT2D eigenvalue weighted by Gasteiger charge is -2.14. The highest BCUT2D eigenvalue weighted by atomic mass is 31.1. The van der Waals surface area contributed by atoms with Crippen LogP contribution in [0.5, 0.6) is 0 Å². The average Bonchev–Trinajstić information content (AvgIpc) is 2.50. The molecule has 0 amide bonds. The molecule has 2 unspecified atom stereocenters. The summed E-state index contributed by atoms with van der Waals surface area (Å²) in [6.07, 6.45) is 14.1. The summed E-state index contributed by atoms with van der Waals surface area (Å²) in [4.78, 5) is 0. The SMILES string of the molecule is CCCCCCCCCCCCNC(C)O[PH](=O)OCCC. The molecule has 0 spiro atoms. The molecule has 5 heteroatoms. The van der Waals surface area contributed by atoms with Gasteiger partial charge in [0.15, 0.2) is 0 Å². The minimum Gasteiger partial charge on any atom is -0.311 e. The summed E-state index contributed by atoms with van der Waals surface area (Å²) in [6.45, 7) is 7.55. The van der Waals surface area contributed by atoms with Gasteiger partial charge in [0.1, 0.15) is 6.23 Å². The van der Waals surface area contributed by atoms with E-state index in [1.807, 2.05) is 13.8 Å². The third kappa shape index (κ3) is 16.5. The van der Waals surface area contributed by atoms with Crippen LogP contribution in [0.15, 0.2) is 0 Å². The van der Waals surface area contributed by atoms with Crippen LogP contribution in [0, 0.1) is 0 Å². The van der Waals surface area contributed by atoms with Crippen LogP contribution < -0.4 is 5.32 Å². The van der Waals surface area contributed by atoms with E-state index in [-0.39, 0.29) is 6.23 Å². The van der Waals surface area contributed by atoms with Crippen LogP contribution in [0.3, 0.4) is 0 Å². The topological polar surface area (TPSA) is 47.6 Å². The van der Waals surface area contributed by atoms with Gasteiger partial charge in [-0.3, -0.25) is 14.4 Å². The minimum absolute atomic E-state index is 0.193. The van der Waals surface area contributed by atoms with E-state index < -0.39 is 8.25 Å². The molecule has 0 saturated heterocycles. The first kappa shape index (κ1) is 22.1. The predicted molar refractivity (Wildman–Crippen MR) is 95.6 cm³/mol. The molecule has 0 saturated carbocycles. The van der Waals surface area contributed by atoms with Gasteiger partial charge in [-0.05, 0) is 26.3 Å². The van der Waals surface area contributed by atoms with Gasteiger partial charge in [0.2, 0.25) is 0 Å². The number of nitrogens with one attached hydrogen (secondary N) is 1. The van der Waals surface area contributed by atoms with Gasteiger partial charge < -0.3 is 4.52 Å². The first-order valence-corrected chi connectivity index (χ1v) is 10.5. The Hall–Kier alpha value is 0.110. The summed E-state index contributed by atoms with van der Waals surface area (Å²) in [6, 6.07) is 0. The van der Waals surface area contributed by atoms with Gasteiger partial charge in [-0.1, -0.05) is 71.6 Å². The lowest BCUT2D eigenvalue weighted by atomic mass is 10.1. The van der Waals surface area contributed by atoms with Gasteiger partial charge in [-0.15, -0.1) is 0 Å². The quantitative estimate of drug-likeness (QED) is 0.211. The standard InChI is InChI=1S/C17H38NO3P/c1-4-6-7-8-9-10-11-12-13-14-15-18-17(3)21-22(19)20-16-5-2/h17-18,22H,4-16H2,1-3H3. The molecule has 0 aliphatic rings. The van der Waals surface area contributed by atoms with E-state index in [4.69, 9.17) is 9.05 Å². The van der Waals surface area contributed by atoms with Gasteiger partial charge in [0.05, 0.1) is 6.61 Å². The zero-order chi connectivity index (χ0) is 16.5. The molecule has 0 aliphatic heterocycles. The second-order valence-corrected chi connectivity index (χ2v) is 7.02. The Morgan fingerprint density at radius 1 is 0.864 bits per heavy atom. The van der Waals surface area contributed by atoms with Crippen molar-refractivity contribution in [3.05, 3.63) is 0 Å². The molecule has 0 aromatic carbocycles. The van der Waals surface area contributed by atoms with Crippen molar-refractivity contribution in [2.24, 2.45) is 0 Å². The van der Waals surface area contributed by atoms with Gasteiger partial charge in [0, 0.05) is 0 Å². The van der Waals surface area contributed by atoms with Gasteiger partial charge in [-0.2, -0.15) is 0 Å². The lowest BCUT2D eigenvalue weighted by molar-refractivity contribution is 0.150. The van der Waals surface area contributed by atoms with Crippen LogP contribution in [0.2, 0.25) is 0 Å². The van der Waals surface area contributed by atoms with Crippen LogP contribution in [0.4, 0.5) is 0 Å². The van der Waals surface area contributed by atoms with Crippen LogP contribution in [0.1, 0.15) is 91.4 Å². The largest absolute Gasteiger partial charge is 0.320 e. The summed E-state index contributed by atoms with van der Waals surface area (Å²) in [5.41, 5.74) is 0. The van der Waals surface area contributed by atoms with Crippen molar-refractivity contribution in [1.29, 1.82) is 0 Å². The van der Waals surface area contributed by atoms with Crippen LogP contribution >= 0.6 is 8.25 Å². The van der Waals surface area contributed by atoms with Crippen molar-refractivity contribution in [2.75, 3.05) is 13.2 Å². The number of hydrogen-bond donors (Lipinski definition) is 1.